The maximum atomic E-state index is 12.5. The summed E-state index contributed by atoms with van der Waals surface area (Å²) >= 11 is 0. The second kappa shape index (κ2) is 7.86. The molecule has 0 bridgehead atoms. The van der Waals surface area contributed by atoms with Crippen LogP contribution in [-0.2, 0) is 11.4 Å². The van der Waals surface area contributed by atoms with E-state index in [2.05, 4.69) is 0 Å². The molecule has 0 aliphatic rings. The first-order valence-electron chi connectivity index (χ1n) is 8.45. The van der Waals surface area contributed by atoms with Gasteiger partial charge in [-0.25, -0.2) is 0 Å². The zero-order valence-corrected chi connectivity index (χ0v) is 14.7. The van der Waals surface area contributed by atoms with Crippen molar-refractivity contribution in [3.63, 3.8) is 0 Å². The van der Waals surface area contributed by atoms with Crippen molar-refractivity contribution >= 4 is 22.7 Å². The Balaban J connectivity index is 1.90. The fraction of sp³-hybridized carbons (Fsp3) is 0.190. The zero-order valence-electron chi connectivity index (χ0n) is 14.7. The third-order valence-electron chi connectivity index (χ3n) is 4.14. The van der Waals surface area contributed by atoms with Crippen LogP contribution in [0.2, 0.25) is 0 Å². The Hall–Kier alpha value is -3.41. The maximum Gasteiger partial charge on any atom is 0.306 e. The van der Waals surface area contributed by atoms with E-state index in [4.69, 9.17) is 14.3 Å². The molecule has 0 saturated carbocycles. The van der Waals surface area contributed by atoms with Crippen molar-refractivity contribution in [2.24, 2.45) is 5.92 Å². The lowest BCUT2D eigenvalue weighted by molar-refractivity contribution is -0.141. The molecule has 3 rings (SSSR count). The number of benzene rings is 2. The van der Waals surface area contributed by atoms with Crippen molar-refractivity contribution < 1.29 is 23.8 Å². The minimum Gasteiger partial charge on any atom is -0.488 e. The van der Waals surface area contributed by atoms with E-state index in [1.807, 2.05) is 30.3 Å². The summed E-state index contributed by atoms with van der Waals surface area (Å²) in [5, 5.41) is 9.18. The molecule has 6 nitrogen and oxygen atoms in total. The summed E-state index contributed by atoms with van der Waals surface area (Å²) in [6.45, 7) is 1.71. The van der Waals surface area contributed by atoms with E-state index in [9.17, 15) is 14.4 Å². The van der Waals surface area contributed by atoms with Crippen LogP contribution in [-0.4, -0.2) is 16.9 Å². The highest BCUT2D eigenvalue weighted by Gasteiger charge is 2.20. The summed E-state index contributed by atoms with van der Waals surface area (Å²) in [5.74, 6) is -2.26. The number of ketones is 1. The van der Waals surface area contributed by atoms with Crippen LogP contribution in [0.25, 0.3) is 11.0 Å². The largest absolute Gasteiger partial charge is 0.488 e. The Kier molecular flexibility index (Phi) is 5.35. The first-order chi connectivity index (χ1) is 13.0. The van der Waals surface area contributed by atoms with Gasteiger partial charge in [0.25, 0.3) is 0 Å². The number of Topliss-reactive ketones (excluding diaryl/α,β-unsaturated/α-hetero) is 1. The van der Waals surface area contributed by atoms with Gasteiger partial charge >= 0.3 is 5.97 Å². The molecule has 6 heteroatoms. The number of carbonyl (C=O) groups is 2. The van der Waals surface area contributed by atoms with E-state index in [0.717, 1.165) is 11.6 Å². The molecular formula is C21H18O6. The van der Waals surface area contributed by atoms with E-state index < -0.39 is 23.1 Å². The van der Waals surface area contributed by atoms with E-state index in [1.165, 1.54) is 6.92 Å². The average Bonchev–Trinajstić information content (AvgIpc) is 2.66. The number of hydrogen-bond donors (Lipinski definition) is 1. The van der Waals surface area contributed by atoms with Crippen molar-refractivity contribution in [2.75, 3.05) is 0 Å². The zero-order chi connectivity index (χ0) is 19.4. The summed E-state index contributed by atoms with van der Waals surface area (Å²) in [7, 11) is 0. The standard InChI is InChI=1S/C21H18O6/c1-13(21(24)25)10-15(22)19-11-16(23)20-17(8-5-9-18(20)27-19)26-12-14-6-3-2-4-7-14/h2-9,11,13H,10,12H2,1H3,(H,24,25). The quantitative estimate of drug-likeness (QED) is 0.641. The van der Waals surface area contributed by atoms with Gasteiger partial charge in [0.05, 0.1) is 5.92 Å². The summed E-state index contributed by atoms with van der Waals surface area (Å²) in [4.78, 5) is 35.7. The van der Waals surface area contributed by atoms with Gasteiger partial charge in [-0.2, -0.15) is 0 Å². The molecule has 0 radical (unpaired) electrons. The fourth-order valence-corrected chi connectivity index (χ4v) is 2.64. The first kappa shape index (κ1) is 18.4. The molecule has 1 heterocycles. The van der Waals surface area contributed by atoms with Gasteiger partial charge < -0.3 is 14.3 Å². The van der Waals surface area contributed by atoms with Crippen molar-refractivity contribution in [1.29, 1.82) is 0 Å². The highest BCUT2D eigenvalue weighted by molar-refractivity contribution is 5.97. The molecule has 0 spiro atoms. The Morgan fingerprint density at radius 3 is 2.56 bits per heavy atom. The number of rotatable bonds is 7. The van der Waals surface area contributed by atoms with E-state index >= 15 is 0 Å². The Morgan fingerprint density at radius 2 is 1.85 bits per heavy atom. The highest BCUT2D eigenvalue weighted by atomic mass is 16.5. The second-order valence-corrected chi connectivity index (χ2v) is 6.25. The van der Waals surface area contributed by atoms with Gasteiger partial charge in [0.1, 0.15) is 23.3 Å². The predicted octanol–water partition coefficient (Wildman–Crippen LogP) is 3.67. The second-order valence-electron chi connectivity index (χ2n) is 6.25. The summed E-state index contributed by atoms with van der Waals surface area (Å²) in [6.07, 6.45) is -0.242. The lowest BCUT2D eigenvalue weighted by Gasteiger charge is -2.10. The van der Waals surface area contributed by atoms with Crippen molar-refractivity contribution in [3.8, 4) is 5.75 Å². The average molecular weight is 366 g/mol. The number of hydrogen-bond acceptors (Lipinski definition) is 5. The van der Waals surface area contributed by atoms with Crippen LogP contribution < -0.4 is 10.2 Å². The smallest absolute Gasteiger partial charge is 0.306 e. The van der Waals surface area contributed by atoms with Crippen molar-refractivity contribution in [3.05, 3.63) is 76.1 Å². The number of carboxylic acids is 1. The predicted molar refractivity (Wildman–Crippen MR) is 99.0 cm³/mol. The normalized spacial score (nSPS) is 11.9. The number of aliphatic carboxylic acids is 1. The summed E-state index contributed by atoms with van der Waals surface area (Å²) < 4.78 is 11.3. The van der Waals surface area contributed by atoms with E-state index in [1.54, 1.807) is 18.2 Å². The monoisotopic (exact) mass is 366 g/mol. The summed E-state index contributed by atoms with van der Waals surface area (Å²) in [6, 6.07) is 15.5. The van der Waals surface area contributed by atoms with E-state index in [0.29, 0.717) is 5.75 Å². The van der Waals surface area contributed by atoms with Crippen molar-refractivity contribution in [2.45, 2.75) is 20.0 Å². The van der Waals surface area contributed by atoms with Gasteiger partial charge in [0, 0.05) is 12.5 Å². The van der Waals surface area contributed by atoms with Crippen LogP contribution in [0.3, 0.4) is 0 Å². The van der Waals surface area contributed by atoms with Gasteiger partial charge in [-0.15, -0.1) is 0 Å². The molecule has 0 aliphatic carbocycles. The Bertz CT molecular complexity index is 1040. The lowest BCUT2D eigenvalue weighted by Crippen LogP contribution is -2.16. The first-order valence-corrected chi connectivity index (χ1v) is 8.45. The molecule has 1 N–H and O–H groups in total. The van der Waals surface area contributed by atoms with E-state index in [-0.39, 0.29) is 29.8 Å². The summed E-state index contributed by atoms with van der Waals surface area (Å²) in [5.41, 5.74) is 0.763. The molecule has 0 fully saturated rings. The number of carbonyl (C=O) groups excluding carboxylic acids is 1. The minimum atomic E-state index is -1.08. The van der Waals surface area contributed by atoms with Crippen LogP contribution >= 0.6 is 0 Å². The molecule has 27 heavy (non-hydrogen) atoms. The van der Waals surface area contributed by atoms with Gasteiger partial charge in [-0.05, 0) is 17.7 Å². The van der Waals surface area contributed by atoms with Crippen LogP contribution in [0.5, 0.6) is 5.75 Å². The minimum absolute atomic E-state index is 0.152. The Morgan fingerprint density at radius 1 is 1.11 bits per heavy atom. The SMILES string of the molecule is CC(CC(=O)c1cc(=O)c2c(OCc3ccccc3)cccc2o1)C(=O)O. The number of carboxylic acid groups (broad SMARTS) is 1. The van der Waals surface area contributed by atoms with Gasteiger partial charge in [0.2, 0.25) is 0 Å². The van der Waals surface area contributed by atoms with Gasteiger partial charge in [-0.3, -0.25) is 14.4 Å². The molecule has 1 unspecified atom stereocenters. The maximum absolute atomic E-state index is 12.5. The fourth-order valence-electron chi connectivity index (χ4n) is 2.64. The van der Waals surface area contributed by atoms with Gasteiger partial charge in [0.15, 0.2) is 17.0 Å². The molecule has 138 valence electrons. The van der Waals surface area contributed by atoms with Crippen LogP contribution in [0.4, 0.5) is 0 Å². The van der Waals surface area contributed by atoms with Crippen LogP contribution in [0, 0.1) is 5.92 Å². The molecule has 1 atom stereocenters. The van der Waals surface area contributed by atoms with Crippen LogP contribution in [0.1, 0.15) is 29.5 Å². The lowest BCUT2D eigenvalue weighted by atomic mass is 10.0. The third kappa shape index (κ3) is 4.23. The molecule has 1 aromatic heterocycles. The molecule has 0 aliphatic heterocycles. The molecule has 3 aromatic rings. The number of ether oxygens (including phenoxy) is 1. The molecular weight excluding hydrogens is 348 g/mol. The topological polar surface area (TPSA) is 93.8 Å². The van der Waals surface area contributed by atoms with Crippen molar-refractivity contribution in [1.82, 2.24) is 0 Å². The van der Waals surface area contributed by atoms with Gasteiger partial charge in [-0.1, -0.05) is 43.3 Å². The third-order valence-corrected chi connectivity index (χ3v) is 4.14. The number of fused-ring (bicyclic) bond motifs is 1. The molecule has 2 aromatic carbocycles. The van der Waals surface area contributed by atoms with Crippen LogP contribution in [0.15, 0.2) is 63.8 Å². The Labute approximate surface area is 155 Å². The molecule has 0 saturated heterocycles. The highest BCUT2D eigenvalue weighted by Crippen LogP contribution is 2.25. The molecule has 0 amide bonds.